The quantitative estimate of drug-likeness (QED) is 0.133. The maximum absolute atomic E-state index is 12.5. The Morgan fingerprint density at radius 1 is 1.09 bits per heavy atom. The van der Waals surface area contributed by atoms with E-state index in [0.29, 0.717) is 37.2 Å². The number of nitrogens with zero attached hydrogens (tertiary/aromatic N) is 1. The SMILES string of the molecule is CCCCC[C@@H](O)CC(=O)CCc1ccc(O)c(OC[NH+]2C=C3N=CC([C@]4(c5cccc(C(N)N)c5)CCC5(CCCC5)C4)=C3C2)c1. The summed E-state index contributed by atoms with van der Waals surface area (Å²) in [6, 6.07) is 13.9. The molecule has 2 aromatic carbocycles. The number of rotatable bonds is 15. The summed E-state index contributed by atoms with van der Waals surface area (Å²) in [5, 5.41) is 20.8. The Bertz CT molecular complexity index is 1540. The number of nitrogens with two attached hydrogens (primary N) is 2. The number of quaternary nitrogens is 1. The van der Waals surface area contributed by atoms with Crippen LogP contribution in [0.15, 0.2) is 70.5 Å². The van der Waals surface area contributed by atoms with Gasteiger partial charge in [-0.15, -0.1) is 0 Å². The molecule has 2 fully saturated rings. The minimum absolute atomic E-state index is 0.0605. The van der Waals surface area contributed by atoms with E-state index in [0.717, 1.165) is 60.4 Å². The first kappa shape index (κ1) is 33.6. The number of fused-ring (bicyclic) bond motifs is 1. The molecule has 7 N–H and O–H groups in total. The highest BCUT2D eigenvalue weighted by atomic mass is 16.5. The first-order valence-corrected chi connectivity index (χ1v) is 17.8. The van der Waals surface area contributed by atoms with Gasteiger partial charge >= 0.3 is 0 Å². The largest absolute Gasteiger partial charge is 0.504 e. The third-order valence-electron chi connectivity index (χ3n) is 11.2. The summed E-state index contributed by atoms with van der Waals surface area (Å²) in [7, 11) is 0. The molecule has 2 aliphatic carbocycles. The molecule has 8 nitrogen and oxygen atoms in total. The number of nitrogens with one attached hydrogen (secondary N) is 1. The number of phenols is 1. The molecule has 6 rings (SSSR count). The molecule has 2 aliphatic heterocycles. The van der Waals surface area contributed by atoms with Crippen molar-refractivity contribution in [1.82, 2.24) is 0 Å². The Morgan fingerprint density at radius 2 is 1.91 bits per heavy atom. The maximum Gasteiger partial charge on any atom is 0.227 e. The van der Waals surface area contributed by atoms with Gasteiger partial charge in [0.05, 0.1) is 12.3 Å². The maximum atomic E-state index is 12.5. The average Bonchev–Trinajstić information content (AvgIpc) is 3.86. The lowest BCUT2D eigenvalue weighted by Crippen LogP contribution is -3.07. The number of Topliss-reactive ketones (excluding diaryl/α,β-unsaturated/α-hetero) is 1. The van der Waals surface area contributed by atoms with Crippen LogP contribution in [0.1, 0.15) is 113 Å². The molecule has 1 unspecified atom stereocenters. The standard InChI is InChI=1S/C39H52N4O4/c1-2-3-4-10-30(44)21-31(45)13-11-27-12-14-35(46)36(19-27)47-26-43-23-32-33(22-42-34(32)24-43)39(18-17-38(25-39)15-5-6-16-38)29-9-7-8-28(20-29)37(40)41/h7-9,12,14,19-20,22,24,30,37,44,46H,2-6,10-11,13,15-18,21,23,25-26,40-41H2,1H3/p+1/t30-,39-/m1/s1. The number of hydrogen-bond acceptors (Lipinski definition) is 7. The van der Waals surface area contributed by atoms with Crippen molar-refractivity contribution in [2.75, 3.05) is 13.3 Å². The van der Waals surface area contributed by atoms with Crippen molar-refractivity contribution in [1.29, 1.82) is 0 Å². The van der Waals surface area contributed by atoms with Gasteiger partial charge in [0.15, 0.2) is 11.5 Å². The number of unbranched alkanes of at least 4 members (excludes halogenated alkanes) is 2. The van der Waals surface area contributed by atoms with Gasteiger partial charge in [0.1, 0.15) is 24.2 Å². The summed E-state index contributed by atoms with van der Waals surface area (Å²) >= 11 is 0. The Hall–Kier alpha value is -3.30. The third-order valence-corrected chi connectivity index (χ3v) is 11.2. The fourth-order valence-corrected chi connectivity index (χ4v) is 8.62. The van der Waals surface area contributed by atoms with Gasteiger partial charge in [-0.3, -0.25) is 14.7 Å². The van der Waals surface area contributed by atoms with E-state index in [-0.39, 0.29) is 23.4 Å². The molecule has 8 heteroatoms. The molecule has 4 aliphatic rings. The Labute approximate surface area is 279 Å². The summed E-state index contributed by atoms with van der Waals surface area (Å²) < 4.78 is 6.18. The minimum Gasteiger partial charge on any atom is -0.504 e. The monoisotopic (exact) mass is 641 g/mol. The summed E-state index contributed by atoms with van der Waals surface area (Å²) in [6.45, 7) is 3.25. The van der Waals surface area contributed by atoms with Crippen molar-refractivity contribution in [2.24, 2.45) is 21.9 Å². The lowest BCUT2D eigenvalue weighted by molar-refractivity contribution is -0.855. The van der Waals surface area contributed by atoms with Crippen LogP contribution in [0.4, 0.5) is 0 Å². The molecule has 2 heterocycles. The van der Waals surface area contributed by atoms with E-state index in [4.69, 9.17) is 21.2 Å². The number of phenolic OH excluding ortho intramolecular Hbond substituents is 1. The second-order valence-electron chi connectivity index (χ2n) is 14.6. The van der Waals surface area contributed by atoms with Crippen molar-refractivity contribution in [3.63, 3.8) is 0 Å². The summed E-state index contributed by atoms with van der Waals surface area (Å²) in [5.74, 6) is 0.562. The Balaban J connectivity index is 1.13. The fourth-order valence-electron chi connectivity index (χ4n) is 8.62. The number of ketones is 1. The summed E-state index contributed by atoms with van der Waals surface area (Å²) in [5.41, 5.74) is 19.4. The first-order chi connectivity index (χ1) is 22.7. The van der Waals surface area contributed by atoms with Crippen LogP contribution in [-0.4, -0.2) is 41.6 Å². The second kappa shape index (κ2) is 14.4. The number of allylic oxidation sites excluding steroid dienone is 1. The molecular weight excluding hydrogens is 588 g/mol. The molecule has 47 heavy (non-hydrogen) atoms. The van der Waals surface area contributed by atoms with E-state index in [1.165, 1.54) is 48.8 Å². The van der Waals surface area contributed by atoms with Crippen LogP contribution >= 0.6 is 0 Å². The number of aliphatic imine (C=N–C) groups is 1. The van der Waals surface area contributed by atoms with E-state index in [1.54, 1.807) is 6.07 Å². The minimum atomic E-state index is -0.563. The molecule has 2 saturated carbocycles. The molecule has 2 aromatic rings. The summed E-state index contributed by atoms with van der Waals surface area (Å²) in [6.07, 6.45) is 16.8. The van der Waals surface area contributed by atoms with Gasteiger partial charge in [-0.25, -0.2) is 0 Å². The van der Waals surface area contributed by atoms with E-state index >= 15 is 0 Å². The second-order valence-corrected chi connectivity index (χ2v) is 14.6. The zero-order valence-corrected chi connectivity index (χ0v) is 28.0. The van der Waals surface area contributed by atoms with Gasteiger partial charge in [-0.05, 0) is 84.8 Å². The molecule has 1 spiro atoms. The molecule has 252 valence electrons. The Morgan fingerprint density at radius 3 is 2.70 bits per heavy atom. The topological polar surface area (TPSA) is 136 Å². The summed E-state index contributed by atoms with van der Waals surface area (Å²) in [4.78, 5) is 18.5. The van der Waals surface area contributed by atoms with Gasteiger partial charge in [-0.2, -0.15) is 0 Å². The lowest BCUT2D eigenvalue weighted by Gasteiger charge is -2.34. The fraction of sp³-hybridized carbons (Fsp3) is 0.538. The number of aryl methyl sites for hydroxylation is 1. The molecule has 3 atom stereocenters. The van der Waals surface area contributed by atoms with Gasteiger partial charge < -0.3 is 26.4 Å². The van der Waals surface area contributed by atoms with Gasteiger partial charge in [0.2, 0.25) is 6.73 Å². The number of aromatic hydroxyl groups is 1. The van der Waals surface area contributed by atoms with Crippen molar-refractivity contribution in [2.45, 2.75) is 114 Å². The van der Waals surface area contributed by atoms with Crippen LogP contribution in [0, 0.1) is 5.41 Å². The van der Waals surface area contributed by atoms with Crippen LogP contribution < -0.4 is 21.1 Å². The number of aliphatic hydroxyl groups is 1. The highest BCUT2D eigenvalue weighted by Crippen LogP contribution is 2.61. The molecule has 0 amide bonds. The van der Waals surface area contributed by atoms with Crippen molar-refractivity contribution >= 4 is 12.0 Å². The normalized spacial score (nSPS) is 23.6. The van der Waals surface area contributed by atoms with Crippen LogP contribution in [-0.2, 0) is 16.6 Å². The van der Waals surface area contributed by atoms with Crippen molar-refractivity contribution in [3.8, 4) is 11.5 Å². The number of hydrogen-bond donors (Lipinski definition) is 5. The van der Waals surface area contributed by atoms with Crippen molar-refractivity contribution in [3.05, 3.63) is 82.2 Å². The first-order valence-electron chi connectivity index (χ1n) is 17.8. The lowest BCUT2D eigenvalue weighted by atomic mass is 9.68. The van der Waals surface area contributed by atoms with Crippen LogP contribution in [0.3, 0.4) is 0 Å². The molecular formula is C39H53N4O4+. The zero-order chi connectivity index (χ0) is 33.0. The van der Waals surface area contributed by atoms with Crippen LogP contribution in [0.25, 0.3) is 0 Å². The molecule has 0 radical (unpaired) electrons. The van der Waals surface area contributed by atoms with Crippen LogP contribution in [0.2, 0.25) is 0 Å². The number of carbonyl (C=O) groups is 1. The smallest absolute Gasteiger partial charge is 0.227 e. The highest BCUT2D eigenvalue weighted by molar-refractivity contribution is 5.90. The number of aliphatic hydroxyl groups excluding tert-OH is 1. The number of benzene rings is 2. The molecule has 0 saturated heterocycles. The predicted octanol–water partition coefficient (Wildman–Crippen LogP) is 5.28. The molecule has 0 aromatic heterocycles. The van der Waals surface area contributed by atoms with Gasteiger partial charge in [-0.1, -0.05) is 69.4 Å². The zero-order valence-electron chi connectivity index (χ0n) is 28.0. The average molecular weight is 642 g/mol. The molecule has 0 bridgehead atoms. The van der Waals surface area contributed by atoms with Gasteiger partial charge in [0, 0.05) is 30.0 Å². The highest BCUT2D eigenvalue weighted by Gasteiger charge is 2.53. The van der Waals surface area contributed by atoms with E-state index in [9.17, 15) is 15.0 Å². The van der Waals surface area contributed by atoms with E-state index in [2.05, 4.69) is 37.5 Å². The predicted molar refractivity (Wildman–Crippen MR) is 185 cm³/mol. The number of ether oxygens (including phenoxy) is 1. The van der Waals surface area contributed by atoms with Crippen molar-refractivity contribution < 1.29 is 24.6 Å². The van der Waals surface area contributed by atoms with Crippen LogP contribution in [0.5, 0.6) is 11.5 Å². The number of carbonyl (C=O) groups excluding carboxylic acids is 1. The van der Waals surface area contributed by atoms with E-state index in [1.807, 2.05) is 18.2 Å². The van der Waals surface area contributed by atoms with Gasteiger partial charge in [0.25, 0.3) is 0 Å². The third kappa shape index (κ3) is 7.41. The Kier molecular flexibility index (Phi) is 10.3. The van der Waals surface area contributed by atoms with E-state index < -0.39 is 12.3 Å².